The van der Waals surface area contributed by atoms with E-state index in [9.17, 15) is 4.79 Å². The topological polar surface area (TPSA) is 54.9 Å². The summed E-state index contributed by atoms with van der Waals surface area (Å²) in [5.74, 6) is 0.655. The van der Waals surface area contributed by atoms with Gasteiger partial charge in [-0.25, -0.2) is 4.39 Å². The molecule has 0 unspecified atom stereocenters. The van der Waals surface area contributed by atoms with Crippen molar-refractivity contribution >= 4 is 16.8 Å². The van der Waals surface area contributed by atoms with Gasteiger partial charge in [0.25, 0.3) is 0 Å². The molecule has 2 aromatic carbocycles. The van der Waals surface area contributed by atoms with Crippen molar-refractivity contribution in [2.24, 2.45) is 0 Å². The molecule has 3 aliphatic rings. The lowest BCUT2D eigenvalue weighted by Gasteiger charge is -2.47. The van der Waals surface area contributed by atoms with Crippen LogP contribution >= 0.6 is 0 Å². The molecule has 0 radical (unpaired) electrons. The van der Waals surface area contributed by atoms with Crippen LogP contribution in [0.1, 0.15) is 31.2 Å². The Hall–Kier alpha value is -3.03. The van der Waals surface area contributed by atoms with Gasteiger partial charge in [0.2, 0.25) is 5.91 Å². The molecular formula is C28H30FN3O3. The maximum Gasteiger partial charge on any atom is 0.248 e. The standard InChI is InChI=1S/C28H30FN3O3/c1-34-24-12-21-4-2-20(14-26(21)30-15-24)19-3-5-22(25(29)13-19)16-31-10-8-28(9-11-31)18-32(23-6-7-23)27(33)17-35-28/h2-5,12-15,23H,6-11,16-18H2,1H3. The molecule has 0 atom stereocenters. The Morgan fingerprint density at radius 3 is 2.63 bits per heavy atom. The number of nitrogens with zero attached hydrogens (tertiary/aromatic N) is 3. The van der Waals surface area contributed by atoms with Crippen LogP contribution in [0.4, 0.5) is 4.39 Å². The van der Waals surface area contributed by atoms with E-state index in [1.807, 2.05) is 41.3 Å². The van der Waals surface area contributed by atoms with Gasteiger partial charge in [-0.2, -0.15) is 0 Å². The van der Waals surface area contributed by atoms with Crippen molar-refractivity contribution < 1.29 is 18.7 Å². The number of fused-ring (bicyclic) bond motifs is 1. The molecule has 2 saturated heterocycles. The van der Waals surface area contributed by atoms with Crippen molar-refractivity contribution in [3.05, 3.63) is 60.0 Å². The quantitative estimate of drug-likeness (QED) is 0.547. The zero-order chi connectivity index (χ0) is 24.0. The molecule has 1 spiro atoms. The lowest BCUT2D eigenvalue weighted by Crippen LogP contribution is -2.59. The fourth-order valence-electron chi connectivity index (χ4n) is 5.37. The summed E-state index contributed by atoms with van der Waals surface area (Å²) in [5, 5.41) is 0.986. The van der Waals surface area contributed by atoms with Crippen molar-refractivity contribution in [1.82, 2.24) is 14.8 Å². The third-order valence-electron chi connectivity index (χ3n) is 7.71. The normalized spacial score (nSPS) is 20.5. The monoisotopic (exact) mass is 475 g/mol. The van der Waals surface area contributed by atoms with Gasteiger partial charge in [-0.15, -0.1) is 0 Å². The van der Waals surface area contributed by atoms with Gasteiger partial charge in [-0.3, -0.25) is 14.7 Å². The number of likely N-dealkylation sites (tertiary alicyclic amines) is 1. The Bertz CT molecular complexity index is 1270. The van der Waals surface area contributed by atoms with Crippen molar-refractivity contribution in [1.29, 1.82) is 0 Å². The molecule has 6 rings (SSSR count). The molecule has 1 amide bonds. The number of rotatable bonds is 5. The number of pyridine rings is 1. The summed E-state index contributed by atoms with van der Waals surface area (Å²) < 4.78 is 26.4. The van der Waals surface area contributed by atoms with E-state index in [0.717, 1.165) is 60.8 Å². The highest BCUT2D eigenvalue weighted by atomic mass is 19.1. The Morgan fingerprint density at radius 2 is 1.89 bits per heavy atom. The summed E-state index contributed by atoms with van der Waals surface area (Å²) in [7, 11) is 1.62. The molecule has 2 aliphatic heterocycles. The number of hydrogen-bond donors (Lipinski definition) is 0. The molecular weight excluding hydrogens is 445 g/mol. The number of piperidine rings is 1. The van der Waals surface area contributed by atoms with Gasteiger partial charge in [-0.1, -0.05) is 24.3 Å². The van der Waals surface area contributed by atoms with E-state index in [0.29, 0.717) is 30.4 Å². The van der Waals surface area contributed by atoms with Crippen LogP contribution in [0.3, 0.4) is 0 Å². The van der Waals surface area contributed by atoms with Gasteiger partial charge in [0, 0.05) is 36.6 Å². The van der Waals surface area contributed by atoms with Crippen LogP contribution in [0, 0.1) is 5.82 Å². The lowest BCUT2D eigenvalue weighted by atomic mass is 9.89. The smallest absolute Gasteiger partial charge is 0.248 e. The minimum absolute atomic E-state index is 0.129. The number of halogens is 1. The second kappa shape index (κ2) is 8.88. The zero-order valence-corrected chi connectivity index (χ0v) is 20.0. The number of ether oxygens (including phenoxy) is 2. The van der Waals surface area contributed by atoms with E-state index in [4.69, 9.17) is 9.47 Å². The van der Waals surface area contributed by atoms with Crippen LogP contribution in [0.5, 0.6) is 5.75 Å². The molecule has 35 heavy (non-hydrogen) atoms. The fraction of sp³-hybridized carbons (Fsp3) is 0.429. The van der Waals surface area contributed by atoms with Crippen molar-refractivity contribution in [3.8, 4) is 16.9 Å². The average Bonchev–Trinajstić information content (AvgIpc) is 3.73. The minimum atomic E-state index is -0.233. The summed E-state index contributed by atoms with van der Waals surface area (Å²) >= 11 is 0. The third-order valence-corrected chi connectivity index (χ3v) is 7.71. The van der Waals surface area contributed by atoms with E-state index in [2.05, 4.69) is 9.88 Å². The predicted octanol–water partition coefficient (Wildman–Crippen LogP) is 4.41. The van der Waals surface area contributed by atoms with Crippen LogP contribution < -0.4 is 4.74 Å². The maximum absolute atomic E-state index is 15.1. The molecule has 1 aromatic heterocycles. The van der Waals surface area contributed by atoms with E-state index < -0.39 is 0 Å². The van der Waals surface area contributed by atoms with Crippen LogP contribution in [-0.4, -0.2) is 65.7 Å². The van der Waals surface area contributed by atoms with Gasteiger partial charge >= 0.3 is 0 Å². The highest BCUT2D eigenvalue weighted by Gasteiger charge is 2.46. The number of amides is 1. The summed E-state index contributed by atoms with van der Waals surface area (Å²) in [5.41, 5.74) is 3.09. The Balaban J connectivity index is 1.11. The van der Waals surface area contributed by atoms with E-state index in [1.54, 1.807) is 19.4 Å². The summed E-state index contributed by atoms with van der Waals surface area (Å²) in [4.78, 5) is 21.0. The van der Waals surface area contributed by atoms with Gasteiger partial charge in [-0.05, 0) is 55.0 Å². The van der Waals surface area contributed by atoms with Crippen LogP contribution in [0.15, 0.2) is 48.7 Å². The van der Waals surface area contributed by atoms with Crippen molar-refractivity contribution in [3.63, 3.8) is 0 Å². The SMILES string of the molecule is COc1cnc2cc(-c3ccc(CN4CCC5(CC4)CN(C4CC4)C(=O)CO5)c(F)c3)ccc2c1. The fourth-order valence-corrected chi connectivity index (χ4v) is 5.37. The Kier molecular flexibility index (Phi) is 5.69. The highest BCUT2D eigenvalue weighted by molar-refractivity contribution is 5.85. The molecule has 6 nitrogen and oxygen atoms in total. The van der Waals surface area contributed by atoms with Crippen molar-refractivity contribution in [2.45, 2.75) is 43.9 Å². The largest absolute Gasteiger partial charge is 0.495 e. The van der Waals surface area contributed by atoms with Crippen molar-refractivity contribution in [2.75, 3.05) is 33.4 Å². The summed E-state index contributed by atoms with van der Waals surface area (Å²) in [6.45, 7) is 3.17. The molecule has 3 aromatic rings. The molecule has 3 fully saturated rings. The number of morpholine rings is 1. The number of benzene rings is 2. The average molecular weight is 476 g/mol. The first-order chi connectivity index (χ1) is 17.0. The number of carbonyl (C=O) groups excluding carboxylic acids is 1. The highest BCUT2D eigenvalue weighted by Crippen LogP contribution is 2.36. The molecule has 7 heteroatoms. The van der Waals surface area contributed by atoms with Gasteiger partial charge in [0.05, 0.1) is 31.0 Å². The second-order valence-electron chi connectivity index (χ2n) is 10.1. The number of methoxy groups -OCH3 is 1. The zero-order valence-electron chi connectivity index (χ0n) is 20.0. The molecule has 0 bridgehead atoms. The van der Waals surface area contributed by atoms with Gasteiger partial charge < -0.3 is 14.4 Å². The Morgan fingerprint density at radius 1 is 1.11 bits per heavy atom. The summed E-state index contributed by atoms with van der Waals surface area (Å²) in [6, 6.07) is 13.8. The molecule has 182 valence electrons. The number of hydrogen-bond acceptors (Lipinski definition) is 5. The lowest BCUT2D eigenvalue weighted by molar-refractivity contribution is -0.172. The summed E-state index contributed by atoms with van der Waals surface area (Å²) in [6.07, 6.45) is 5.68. The van der Waals surface area contributed by atoms with Crippen LogP contribution in [0.25, 0.3) is 22.0 Å². The first-order valence-electron chi connectivity index (χ1n) is 12.4. The second-order valence-corrected chi connectivity index (χ2v) is 10.1. The number of aromatic nitrogens is 1. The van der Waals surface area contributed by atoms with Gasteiger partial charge in [0.15, 0.2) is 0 Å². The maximum atomic E-state index is 15.1. The first-order valence-corrected chi connectivity index (χ1v) is 12.4. The van der Waals surface area contributed by atoms with E-state index in [-0.39, 0.29) is 23.9 Å². The van der Waals surface area contributed by atoms with Crippen LogP contribution in [-0.2, 0) is 16.1 Å². The Labute approximate surface area is 204 Å². The molecule has 3 heterocycles. The van der Waals surface area contributed by atoms with E-state index >= 15 is 4.39 Å². The number of carbonyl (C=O) groups is 1. The molecule has 0 N–H and O–H groups in total. The predicted molar refractivity (Wildman–Crippen MR) is 132 cm³/mol. The van der Waals surface area contributed by atoms with Crippen LogP contribution in [0.2, 0.25) is 0 Å². The van der Waals surface area contributed by atoms with E-state index in [1.165, 1.54) is 0 Å². The molecule has 1 saturated carbocycles. The third kappa shape index (κ3) is 4.50. The first kappa shape index (κ1) is 22.4. The molecule has 1 aliphatic carbocycles. The minimum Gasteiger partial charge on any atom is -0.495 e. The van der Waals surface area contributed by atoms with Gasteiger partial charge in [0.1, 0.15) is 18.2 Å².